The van der Waals surface area contributed by atoms with Gasteiger partial charge in [-0.2, -0.15) is 0 Å². The van der Waals surface area contributed by atoms with E-state index in [1.807, 2.05) is 0 Å². The molecule has 1 N–H and O–H groups in total. The van der Waals surface area contributed by atoms with Crippen LogP contribution in [0.3, 0.4) is 0 Å². The van der Waals surface area contributed by atoms with E-state index in [4.69, 9.17) is 4.74 Å². The molecule has 0 aromatic heterocycles. The first-order valence-electron chi connectivity index (χ1n) is 7.56. The van der Waals surface area contributed by atoms with Gasteiger partial charge in [-0.1, -0.05) is 6.07 Å². The Balaban J connectivity index is 1.90. The first-order chi connectivity index (χ1) is 11.3. The smallest absolute Gasteiger partial charge is 0.246 e. The van der Waals surface area contributed by atoms with Crippen molar-refractivity contribution in [1.82, 2.24) is 9.62 Å². The summed E-state index contributed by atoms with van der Waals surface area (Å²) in [6.07, 6.45) is 5.21. The second-order valence-corrected chi connectivity index (χ2v) is 7.50. The number of carbonyl (C=O) groups excluding carboxylic acids is 1. The second kappa shape index (κ2) is 7.76. The highest BCUT2D eigenvalue weighted by Gasteiger charge is 2.23. The van der Waals surface area contributed by atoms with Crippen LogP contribution in [-0.2, 0) is 14.8 Å². The quantitative estimate of drug-likeness (QED) is 0.809. The molecule has 1 amide bonds. The number of sulfonamides is 1. The van der Waals surface area contributed by atoms with Crippen LogP contribution in [-0.4, -0.2) is 51.7 Å². The van der Waals surface area contributed by atoms with Gasteiger partial charge in [0.1, 0.15) is 0 Å². The fraction of sp³-hybridized carbons (Fsp3) is 0.438. The number of amides is 1. The normalized spacial score (nSPS) is 16.5. The highest BCUT2D eigenvalue weighted by Crippen LogP contribution is 2.18. The molecule has 0 spiro atoms. The number of ether oxygens (including phenoxy) is 1. The molecule has 0 unspecified atom stereocenters. The van der Waals surface area contributed by atoms with Gasteiger partial charge >= 0.3 is 0 Å². The van der Waals surface area contributed by atoms with E-state index in [1.54, 1.807) is 17.0 Å². The number of methoxy groups -OCH3 is 1. The van der Waals surface area contributed by atoms with E-state index in [9.17, 15) is 17.6 Å². The Morgan fingerprint density at radius 2 is 2.04 bits per heavy atom. The van der Waals surface area contributed by atoms with Crippen LogP contribution < -0.4 is 9.46 Å². The van der Waals surface area contributed by atoms with Crippen LogP contribution in [0.2, 0.25) is 0 Å². The fourth-order valence-electron chi connectivity index (χ4n) is 2.58. The third-order valence-electron chi connectivity index (χ3n) is 3.78. The average Bonchev–Trinajstić information content (AvgIpc) is 2.52. The maximum absolute atomic E-state index is 13.6. The molecule has 1 aromatic rings. The van der Waals surface area contributed by atoms with E-state index < -0.39 is 15.8 Å². The van der Waals surface area contributed by atoms with Crippen LogP contribution in [0.4, 0.5) is 4.39 Å². The maximum atomic E-state index is 13.6. The van der Waals surface area contributed by atoms with Crippen LogP contribution in [0.5, 0.6) is 5.75 Å². The minimum Gasteiger partial charge on any atom is -0.494 e. The molecule has 1 saturated heterocycles. The molecule has 1 aliphatic heterocycles. The van der Waals surface area contributed by atoms with Crippen LogP contribution in [0.1, 0.15) is 18.4 Å². The molecule has 132 valence electrons. The van der Waals surface area contributed by atoms with Gasteiger partial charge in [0.15, 0.2) is 11.6 Å². The zero-order valence-corrected chi connectivity index (χ0v) is 14.5. The molecule has 6 nitrogen and oxygen atoms in total. The first-order valence-corrected chi connectivity index (χ1v) is 9.45. The Labute approximate surface area is 141 Å². The number of hydrogen-bond donors (Lipinski definition) is 1. The largest absolute Gasteiger partial charge is 0.494 e. The molecule has 1 heterocycles. The summed E-state index contributed by atoms with van der Waals surface area (Å²) in [6, 6.07) is 4.32. The minimum atomic E-state index is -3.23. The zero-order valence-electron chi connectivity index (χ0n) is 13.7. The molecule has 0 radical (unpaired) electrons. The number of hydrogen-bond acceptors (Lipinski definition) is 4. The van der Waals surface area contributed by atoms with Crippen molar-refractivity contribution in [2.75, 3.05) is 26.5 Å². The van der Waals surface area contributed by atoms with E-state index >= 15 is 0 Å². The summed E-state index contributed by atoms with van der Waals surface area (Å²) >= 11 is 0. The lowest BCUT2D eigenvalue weighted by molar-refractivity contribution is -0.126. The summed E-state index contributed by atoms with van der Waals surface area (Å²) < 4.78 is 43.4. The molecular weight excluding hydrogens is 335 g/mol. The molecule has 1 aromatic carbocycles. The van der Waals surface area contributed by atoms with Crippen LogP contribution in [0.15, 0.2) is 24.3 Å². The van der Waals surface area contributed by atoms with Crippen LogP contribution in [0.25, 0.3) is 6.08 Å². The van der Waals surface area contributed by atoms with Gasteiger partial charge in [0.25, 0.3) is 0 Å². The summed E-state index contributed by atoms with van der Waals surface area (Å²) in [5.74, 6) is -0.511. The highest BCUT2D eigenvalue weighted by molar-refractivity contribution is 7.88. The topological polar surface area (TPSA) is 75.7 Å². The van der Waals surface area contributed by atoms with Crippen LogP contribution >= 0.6 is 0 Å². The predicted octanol–water partition coefficient (Wildman–Crippen LogP) is 1.39. The summed E-state index contributed by atoms with van der Waals surface area (Å²) in [5.41, 5.74) is 0.565. The Morgan fingerprint density at radius 3 is 2.58 bits per heavy atom. The van der Waals surface area contributed by atoms with E-state index in [0.29, 0.717) is 31.5 Å². The van der Waals surface area contributed by atoms with Crippen molar-refractivity contribution in [1.29, 1.82) is 0 Å². The Bertz CT molecular complexity index is 726. The molecule has 0 aliphatic carbocycles. The van der Waals surface area contributed by atoms with Gasteiger partial charge < -0.3 is 9.64 Å². The van der Waals surface area contributed by atoms with Gasteiger partial charge in [-0.05, 0) is 36.6 Å². The third-order valence-corrected chi connectivity index (χ3v) is 4.54. The molecule has 0 atom stereocenters. The van der Waals surface area contributed by atoms with E-state index in [-0.39, 0.29) is 17.7 Å². The molecule has 2 rings (SSSR count). The second-order valence-electron chi connectivity index (χ2n) is 5.72. The molecular formula is C16H21FN2O4S. The monoisotopic (exact) mass is 356 g/mol. The number of benzene rings is 1. The number of likely N-dealkylation sites (tertiary alicyclic amines) is 1. The predicted molar refractivity (Wildman–Crippen MR) is 89.6 cm³/mol. The number of nitrogens with zero attached hydrogens (tertiary/aromatic N) is 1. The van der Waals surface area contributed by atoms with Gasteiger partial charge in [-0.15, -0.1) is 0 Å². The summed E-state index contributed by atoms with van der Waals surface area (Å²) in [7, 11) is -1.84. The van der Waals surface area contributed by atoms with Gasteiger partial charge in [0.2, 0.25) is 15.9 Å². The SMILES string of the molecule is COc1ccc(C=CC(=O)N2CCC(NS(C)(=O)=O)CC2)cc1F. The minimum absolute atomic E-state index is 0.135. The first kappa shape index (κ1) is 18.4. The standard InChI is InChI=1S/C16H21FN2O4S/c1-23-15-5-3-12(11-14(15)17)4-6-16(20)19-9-7-13(8-10-19)18-24(2,21)22/h3-6,11,13,18H,7-10H2,1-2H3. The summed E-state index contributed by atoms with van der Waals surface area (Å²) in [4.78, 5) is 13.8. The third kappa shape index (κ3) is 5.31. The van der Waals surface area contributed by atoms with Gasteiger partial charge in [-0.3, -0.25) is 4.79 Å². The van der Waals surface area contributed by atoms with E-state index in [1.165, 1.54) is 25.3 Å². The Kier molecular flexibility index (Phi) is 5.95. The maximum Gasteiger partial charge on any atom is 0.246 e. The van der Waals surface area contributed by atoms with Crippen molar-refractivity contribution in [3.63, 3.8) is 0 Å². The lowest BCUT2D eigenvalue weighted by Gasteiger charge is -2.31. The van der Waals surface area contributed by atoms with Crippen molar-refractivity contribution in [3.05, 3.63) is 35.7 Å². The van der Waals surface area contributed by atoms with Crippen molar-refractivity contribution in [2.45, 2.75) is 18.9 Å². The summed E-state index contributed by atoms with van der Waals surface area (Å²) in [5, 5.41) is 0. The van der Waals surface area contributed by atoms with E-state index in [0.717, 1.165) is 6.26 Å². The molecule has 0 saturated carbocycles. The fourth-order valence-corrected chi connectivity index (χ4v) is 3.42. The van der Waals surface area contributed by atoms with E-state index in [2.05, 4.69) is 4.72 Å². The van der Waals surface area contributed by atoms with Gasteiger partial charge in [0, 0.05) is 25.2 Å². The lowest BCUT2D eigenvalue weighted by Crippen LogP contribution is -2.45. The van der Waals surface area contributed by atoms with Crippen molar-refractivity contribution >= 4 is 22.0 Å². The highest BCUT2D eigenvalue weighted by atomic mass is 32.2. The number of rotatable bonds is 5. The molecule has 0 bridgehead atoms. The molecule has 1 fully saturated rings. The lowest BCUT2D eigenvalue weighted by atomic mass is 10.1. The number of nitrogens with one attached hydrogen (secondary N) is 1. The average molecular weight is 356 g/mol. The van der Waals surface area contributed by atoms with Crippen LogP contribution in [0, 0.1) is 5.82 Å². The Hall–Kier alpha value is -1.93. The Morgan fingerprint density at radius 1 is 1.38 bits per heavy atom. The molecule has 8 heteroatoms. The van der Waals surface area contributed by atoms with Crippen molar-refractivity contribution in [3.8, 4) is 5.75 Å². The number of piperidine rings is 1. The number of halogens is 1. The molecule has 24 heavy (non-hydrogen) atoms. The van der Waals surface area contributed by atoms with Crippen molar-refractivity contribution < 1.29 is 22.3 Å². The van der Waals surface area contributed by atoms with Crippen molar-refractivity contribution in [2.24, 2.45) is 0 Å². The number of carbonyl (C=O) groups is 1. The van der Waals surface area contributed by atoms with Gasteiger partial charge in [-0.25, -0.2) is 17.5 Å². The van der Waals surface area contributed by atoms with Gasteiger partial charge in [0.05, 0.1) is 13.4 Å². The zero-order chi connectivity index (χ0) is 17.7. The molecule has 1 aliphatic rings. The summed E-state index contributed by atoms with van der Waals surface area (Å²) in [6.45, 7) is 0.959.